The Kier molecular flexibility index (Phi) is 3.98. The van der Waals surface area contributed by atoms with Gasteiger partial charge in [-0.25, -0.2) is 0 Å². The maximum atomic E-state index is 11.9. The molecule has 1 aliphatic rings. The van der Waals surface area contributed by atoms with Crippen LogP contribution in [0.15, 0.2) is 18.2 Å². The second-order valence-electron chi connectivity index (χ2n) is 5.16. The summed E-state index contributed by atoms with van der Waals surface area (Å²) in [4.78, 5) is 11.9. The highest BCUT2D eigenvalue weighted by Crippen LogP contribution is 2.38. The highest BCUT2D eigenvalue weighted by molar-refractivity contribution is 5.81. The molecule has 0 bridgehead atoms. The molecule has 0 saturated heterocycles. The smallest absolute Gasteiger partial charge is 0.223 e. The van der Waals surface area contributed by atoms with Gasteiger partial charge in [-0.1, -0.05) is 13.0 Å². The van der Waals surface area contributed by atoms with Crippen LogP contribution in [0.5, 0.6) is 11.5 Å². The number of benzene rings is 1. The van der Waals surface area contributed by atoms with Gasteiger partial charge in [0, 0.05) is 5.92 Å². The molecule has 1 aliphatic carbocycles. The third kappa shape index (κ3) is 3.00. The topological polar surface area (TPSA) is 47.6 Å². The third-order valence-electron chi connectivity index (χ3n) is 3.71. The molecule has 1 fully saturated rings. The van der Waals surface area contributed by atoms with E-state index in [2.05, 4.69) is 12.2 Å². The number of carbonyl (C=O) groups excluding carboxylic acids is 1. The van der Waals surface area contributed by atoms with Crippen molar-refractivity contribution in [3.63, 3.8) is 0 Å². The second-order valence-corrected chi connectivity index (χ2v) is 5.16. The first kappa shape index (κ1) is 13.7. The molecule has 1 amide bonds. The molecule has 1 aromatic carbocycles. The largest absolute Gasteiger partial charge is 0.493 e. The van der Waals surface area contributed by atoms with Crippen LogP contribution in [0, 0.1) is 11.8 Å². The molecule has 3 atom stereocenters. The van der Waals surface area contributed by atoms with E-state index in [-0.39, 0.29) is 17.9 Å². The lowest BCUT2D eigenvalue weighted by atomic mass is 10.1. The molecule has 4 nitrogen and oxygen atoms in total. The average molecular weight is 263 g/mol. The molecule has 0 heterocycles. The lowest BCUT2D eigenvalue weighted by molar-refractivity contribution is -0.123. The van der Waals surface area contributed by atoms with Crippen LogP contribution < -0.4 is 14.8 Å². The Morgan fingerprint density at radius 2 is 1.95 bits per heavy atom. The van der Waals surface area contributed by atoms with Gasteiger partial charge in [0.25, 0.3) is 0 Å². The summed E-state index contributed by atoms with van der Waals surface area (Å²) in [5.74, 6) is 2.25. The first-order valence-electron chi connectivity index (χ1n) is 6.59. The normalized spacial score (nSPS) is 22.5. The summed E-state index contributed by atoms with van der Waals surface area (Å²) in [6.07, 6.45) is 1.00. The van der Waals surface area contributed by atoms with Gasteiger partial charge in [-0.05, 0) is 37.0 Å². The van der Waals surface area contributed by atoms with Gasteiger partial charge in [0.15, 0.2) is 11.5 Å². The van der Waals surface area contributed by atoms with E-state index in [1.807, 2.05) is 25.1 Å². The number of nitrogens with one attached hydrogen (secondary N) is 1. The molecule has 0 aromatic heterocycles. The van der Waals surface area contributed by atoms with Gasteiger partial charge in [-0.15, -0.1) is 0 Å². The highest BCUT2D eigenvalue weighted by atomic mass is 16.5. The van der Waals surface area contributed by atoms with E-state index in [0.717, 1.165) is 12.0 Å². The van der Waals surface area contributed by atoms with Crippen molar-refractivity contribution in [1.29, 1.82) is 0 Å². The van der Waals surface area contributed by atoms with Crippen LogP contribution in [-0.4, -0.2) is 20.1 Å². The average Bonchev–Trinajstić information content (AvgIpc) is 3.15. The highest BCUT2D eigenvalue weighted by Gasteiger charge is 2.39. The fraction of sp³-hybridized carbons (Fsp3) is 0.533. The molecule has 1 saturated carbocycles. The lowest BCUT2D eigenvalue weighted by Crippen LogP contribution is -2.28. The number of amides is 1. The first-order valence-corrected chi connectivity index (χ1v) is 6.59. The van der Waals surface area contributed by atoms with E-state index < -0.39 is 0 Å². The number of hydrogen-bond donors (Lipinski definition) is 1. The Bertz CT molecular complexity index is 472. The molecule has 19 heavy (non-hydrogen) atoms. The van der Waals surface area contributed by atoms with E-state index in [1.165, 1.54) is 0 Å². The minimum Gasteiger partial charge on any atom is -0.493 e. The van der Waals surface area contributed by atoms with Crippen molar-refractivity contribution >= 4 is 5.91 Å². The maximum absolute atomic E-state index is 11.9. The summed E-state index contributed by atoms with van der Waals surface area (Å²) < 4.78 is 10.5. The zero-order chi connectivity index (χ0) is 14.0. The van der Waals surface area contributed by atoms with Crippen molar-refractivity contribution in [2.75, 3.05) is 14.2 Å². The SMILES string of the molecule is COc1ccc([C@@H](C)NC(=O)[C@@H]2C[C@@H]2C)cc1OC. The molecule has 104 valence electrons. The summed E-state index contributed by atoms with van der Waals surface area (Å²) in [7, 11) is 3.22. The van der Waals surface area contributed by atoms with Crippen molar-refractivity contribution in [3.05, 3.63) is 23.8 Å². The van der Waals surface area contributed by atoms with Gasteiger partial charge in [-0.2, -0.15) is 0 Å². The number of rotatable bonds is 5. The Labute approximate surface area is 114 Å². The minimum absolute atomic E-state index is 0.0277. The van der Waals surface area contributed by atoms with Gasteiger partial charge in [0.2, 0.25) is 5.91 Å². The van der Waals surface area contributed by atoms with Crippen LogP contribution >= 0.6 is 0 Å². The minimum atomic E-state index is -0.0277. The van der Waals surface area contributed by atoms with Crippen LogP contribution in [-0.2, 0) is 4.79 Å². The molecule has 2 rings (SSSR count). The molecular formula is C15H21NO3. The molecular weight excluding hydrogens is 242 g/mol. The molecule has 0 aliphatic heterocycles. The summed E-state index contributed by atoms with van der Waals surface area (Å²) in [6.45, 7) is 4.08. The van der Waals surface area contributed by atoms with Gasteiger partial charge < -0.3 is 14.8 Å². The molecule has 4 heteroatoms. The first-order chi connectivity index (χ1) is 9.06. The molecule has 1 N–H and O–H groups in total. The van der Waals surface area contributed by atoms with Gasteiger partial charge >= 0.3 is 0 Å². The van der Waals surface area contributed by atoms with Crippen molar-refractivity contribution in [1.82, 2.24) is 5.32 Å². The second kappa shape index (κ2) is 5.51. The number of ether oxygens (including phenoxy) is 2. The Hall–Kier alpha value is -1.71. The van der Waals surface area contributed by atoms with Crippen LogP contribution in [0.4, 0.5) is 0 Å². The van der Waals surface area contributed by atoms with Crippen LogP contribution in [0.3, 0.4) is 0 Å². The quantitative estimate of drug-likeness (QED) is 0.888. The maximum Gasteiger partial charge on any atom is 0.223 e. The van der Waals surface area contributed by atoms with Crippen LogP contribution in [0.1, 0.15) is 31.9 Å². The zero-order valence-electron chi connectivity index (χ0n) is 11.9. The summed E-state index contributed by atoms with van der Waals surface area (Å²) in [5, 5.41) is 3.04. The standard InChI is InChI=1S/C15H21NO3/c1-9-7-12(9)15(17)16-10(2)11-5-6-13(18-3)14(8-11)19-4/h5-6,8-10,12H,7H2,1-4H3,(H,16,17)/t9-,10+,12+/m0/s1. The van der Waals surface area contributed by atoms with E-state index in [9.17, 15) is 4.79 Å². The van der Waals surface area contributed by atoms with Gasteiger partial charge in [0.05, 0.1) is 20.3 Å². The van der Waals surface area contributed by atoms with Crippen molar-refractivity contribution < 1.29 is 14.3 Å². The van der Waals surface area contributed by atoms with Crippen molar-refractivity contribution in [3.8, 4) is 11.5 Å². The molecule has 0 unspecified atom stereocenters. The van der Waals surface area contributed by atoms with Gasteiger partial charge in [0.1, 0.15) is 0 Å². The van der Waals surface area contributed by atoms with Crippen molar-refractivity contribution in [2.45, 2.75) is 26.3 Å². The molecule has 0 spiro atoms. The Morgan fingerprint density at radius 3 is 2.47 bits per heavy atom. The van der Waals surface area contributed by atoms with Crippen LogP contribution in [0.2, 0.25) is 0 Å². The summed E-state index contributed by atoms with van der Waals surface area (Å²) >= 11 is 0. The lowest BCUT2D eigenvalue weighted by Gasteiger charge is -2.16. The van der Waals surface area contributed by atoms with Crippen LogP contribution in [0.25, 0.3) is 0 Å². The van der Waals surface area contributed by atoms with E-state index in [0.29, 0.717) is 17.4 Å². The Balaban J connectivity index is 2.06. The van der Waals surface area contributed by atoms with E-state index in [4.69, 9.17) is 9.47 Å². The summed E-state index contributed by atoms with van der Waals surface area (Å²) in [6, 6.07) is 5.68. The fourth-order valence-electron chi connectivity index (χ4n) is 2.21. The van der Waals surface area contributed by atoms with Gasteiger partial charge in [-0.3, -0.25) is 4.79 Å². The fourth-order valence-corrected chi connectivity index (χ4v) is 2.21. The number of hydrogen-bond acceptors (Lipinski definition) is 3. The number of methoxy groups -OCH3 is 2. The molecule has 0 radical (unpaired) electrons. The number of carbonyl (C=O) groups is 1. The Morgan fingerprint density at radius 1 is 1.32 bits per heavy atom. The molecule has 1 aromatic rings. The third-order valence-corrected chi connectivity index (χ3v) is 3.71. The monoisotopic (exact) mass is 263 g/mol. The zero-order valence-corrected chi connectivity index (χ0v) is 11.9. The predicted molar refractivity (Wildman–Crippen MR) is 73.4 cm³/mol. The predicted octanol–water partition coefficient (Wildman–Crippen LogP) is 2.54. The summed E-state index contributed by atoms with van der Waals surface area (Å²) in [5.41, 5.74) is 1.01. The van der Waals surface area contributed by atoms with E-state index in [1.54, 1.807) is 14.2 Å². The van der Waals surface area contributed by atoms with E-state index >= 15 is 0 Å². The van der Waals surface area contributed by atoms with Crippen molar-refractivity contribution in [2.24, 2.45) is 11.8 Å².